The Labute approximate surface area is 70.1 Å². The first-order chi connectivity index (χ1) is 5.74. The van der Waals surface area contributed by atoms with Gasteiger partial charge in [-0.15, -0.1) is 0 Å². The number of nitrogens with one attached hydrogen (secondary N) is 2. The van der Waals surface area contributed by atoms with Crippen LogP contribution >= 0.6 is 0 Å². The van der Waals surface area contributed by atoms with E-state index < -0.39 is 6.03 Å². The summed E-state index contributed by atoms with van der Waals surface area (Å²) in [7, 11) is 0. The summed E-state index contributed by atoms with van der Waals surface area (Å²) in [5.74, 6) is 0. The van der Waals surface area contributed by atoms with Gasteiger partial charge >= 0.3 is 6.03 Å². The summed E-state index contributed by atoms with van der Waals surface area (Å²) in [5.41, 5.74) is -0.124. The first kappa shape index (κ1) is 10.2. The monoisotopic (exact) mass is 167 g/mol. The highest BCUT2D eigenvalue weighted by Crippen LogP contribution is 1.81. The number of amides is 2. The Balaban J connectivity index is 3.95. The summed E-state index contributed by atoms with van der Waals surface area (Å²) >= 11 is 0. The number of nitriles is 1. The van der Waals surface area contributed by atoms with E-state index in [-0.39, 0.29) is 5.57 Å². The van der Waals surface area contributed by atoms with Gasteiger partial charge in [0.05, 0.1) is 0 Å². The maximum Gasteiger partial charge on any atom is 0.318 e. The van der Waals surface area contributed by atoms with Gasteiger partial charge < -0.3 is 10.6 Å². The summed E-state index contributed by atoms with van der Waals surface area (Å²) in [4.78, 5) is 20.7. The van der Waals surface area contributed by atoms with Crippen LogP contribution in [0.15, 0.2) is 11.8 Å². The molecule has 0 bridgehead atoms. The van der Waals surface area contributed by atoms with E-state index >= 15 is 0 Å². The third-order valence-electron chi connectivity index (χ3n) is 0.952. The van der Waals surface area contributed by atoms with E-state index in [9.17, 15) is 9.59 Å². The molecule has 5 heteroatoms. The van der Waals surface area contributed by atoms with E-state index in [1.54, 1.807) is 13.0 Å². The van der Waals surface area contributed by atoms with Crippen molar-refractivity contribution in [2.75, 3.05) is 6.54 Å². The summed E-state index contributed by atoms with van der Waals surface area (Å²) in [5, 5.41) is 12.9. The van der Waals surface area contributed by atoms with E-state index in [1.165, 1.54) is 0 Å². The molecule has 0 aliphatic rings. The van der Waals surface area contributed by atoms with Crippen molar-refractivity contribution < 1.29 is 9.59 Å². The standard InChI is InChI=1S/C7H9N3O2/c1-2-9-7(12)10-4-6(3-8)5-11/h4-5H,2H2,1H3,(H2,9,10,12)/b6-4-. The molecule has 5 nitrogen and oxygen atoms in total. The number of allylic oxidation sites excluding steroid dienone is 1. The molecule has 0 atom stereocenters. The van der Waals surface area contributed by atoms with Crippen molar-refractivity contribution in [1.29, 1.82) is 5.26 Å². The quantitative estimate of drug-likeness (QED) is 0.350. The predicted molar refractivity (Wildman–Crippen MR) is 42.0 cm³/mol. The summed E-state index contributed by atoms with van der Waals surface area (Å²) in [6, 6.07) is 1.16. The van der Waals surface area contributed by atoms with Crippen molar-refractivity contribution in [3.63, 3.8) is 0 Å². The van der Waals surface area contributed by atoms with Gasteiger partial charge in [-0.25, -0.2) is 4.79 Å². The Bertz CT molecular complexity index is 240. The molecule has 2 amide bonds. The minimum Gasteiger partial charge on any atom is -0.338 e. The van der Waals surface area contributed by atoms with Crippen LogP contribution in [0.25, 0.3) is 0 Å². The molecule has 0 aromatic heterocycles. The number of urea groups is 1. The summed E-state index contributed by atoms with van der Waals surface area (Å²) in [6.07, 6.45) is 1.42. The first-order valence-corrected chi connectivity index (χ1v) is 3.34. The van der Waals surface area contributed by atoms with Crippen molar-refractivity contribution >= 4 is 12.3 Å². The number of aldehydes is 1. The second-order valence-corrected chi connectivity index (χ2v) is 1.83. The van der Waals surface area contributed by atoms with Gasteiger partial charge in [-0.3, -0.25) is 4.79 Å². The molecule has 2 N–H and O–H groups in total. The fourth-order valence-electron chi connectivity index (χ4n) is 0.448. The largest absolute Gasteiger partial charge is 0.338 e. The maximum absolute atomic E-state index is 10.7. The summed E-state index contributed by atoms with van der Waals surface area (Å²) < 4.78 is 0. The molecule has 0 aliphatic heterocycles. The van der Waals surface area contributed by atoms with Crippen molar-refractivity contribution in [1.82, 2.24) is 10.6 Å². The second-order valence-electron chi connectivity index (χ2n) is 1.83. The van der Waals surface area contributed by atoms with Gasteiger partial charge in [0.1, 0.15) is 11.6 Å². The van der Waals surface area contributed by atoms with Crippen LogP contribution in [0.3, 0.4) is 0 Å². The average Bonchev–Trinajstić information content (AvgIpc) is 2.07. The molecule has 0 spiro atoms. The Kier molecular flexibility index (Phi) is 5.02. The molecule has 0 radical (unpaired) electrons. The Morgan fingerprint density at radius 2 is 2.33 bits per heavy atom. The highest BCUT2D eigenvalue weighted by molar-refractivity contribution is 5.81. The zero-order chi connectivity index (χ0) is 9.40. The van der Waals surface area contributed by atoms with Crippen LogP contribution in [0.5, 0.6) is 0 Å². The second kappa shape index (κ2) is 5.92. The van der Waals surface area contributed by atoms with Crippen LogP contribution in [0, 0.1) is 11.3 Å². The normalized spacial score (nSPS) is 9.83. The molecule has 64 valence electrons. The maximum atomic E-state index is 10.7. The molecule has 0 saturated heterocycles. The van der Waals surface area contributed by atoms with Crippen molar-refractivity contribution in [2.24, 2.45) is 0 Å². The van der Waals surface area contributed by atoms with Crippen LogP contribution in [0.4, 0.5) is 4.79 Å². The van der Waals surface area contributed by atoms with Gasteiger partial charge in [0.25, 0.3) is 0 Å². The zero-order valence-electron chi connectivity index (χ0n) is 6.63. The van der Waals surface area contributed by atoms with Crippen molar-refractivity contribution in [3.8, 4) is 6.07 Å². The number of rotatable bonds is 3. The number of carbonyl (C=O) groups is 2. The van der Waals surface area contributed by atoms with Gasteiger partial charge in [-0.1, -0.05) is 0 Å². The van der Waals surface area contributed by atoms with Crippen molar-refractivity contribution in [3.05, 3.63) is 11.8 Å². The van der Waals surface area contributed by atoms with Gasteiger partial charge in [0.15, 0.2) is 6.29 Å². The molecular weight excluding hydrogens is 158 g/mol. The third-order valence-corrected chi connectivity index (χ3v) is 0.952. The molecule has 0 aromatic carbocycles. The number of hydrogen-bond donors (Lipinski definition) is 2. The molecule has 0 rings (SSSR count). The minimum atomic E-state index is -0.438. The van der Waals surface area contributed by atoms with Gasteiger partial charge in [0, 0.05) is 12.7 Å². The molecule has 0 unspecified atom stereocenters. The van der Waals surface area contributed by atoms with Gasteiger partial charge in [0.2, 0.25) is 0 Å². The van der Waals surface area contributed by atoms with E-state index in [0.717, 1.165) is 6.20 Å². The van der Waals surface area contributed by atoms with E-state index in [1.807, 2.05) is 0 Å². The SMILES string of the molecule is CCNC(=O)N/C=C(/C#N)C=O. The third kappa shape index (κ3) is 4.06. The molecule has 0 heterocycles. The van der Waals surface area contributed by atoms with E-state index in [4.69, 9.17) is 5.26 Å². The smallest absolute Gasteiger partial charge is 0.318 e. The topological polar surface area (TPSA) is 82.0 Å². The highest BCUT2D eigenvalue weighted by Gasteiger charge is 1.95. The zero-order valence-corrected chi connectivity index (χ0v) is 6.63. The average molecular weight is 167 g/mol. The lowest BCUT2D eigenvalue weighted by Crippen LogP contribution is -2.32. The Hall–Kier alpha value is -1.83. The van der Waals surface area contributed by atoms with E-state index in [0.29, 0.717) is 12.8 Å². The molecular formula is C7H9N3O2. The first-order valence-electron chi connectivity index (χ1n) is 3.34. The molecule has 0 saturated carbocycles. The van der Waals surface area contributed by atoms with Crippen LogP contribution in [0.1, 0.15) is 6.92 Å². The van der Waals surface area contributed by atoms with Crippen LogP contribution in [-0.2, 0) is 4.79 Å². The van der Waals surface area contributed by atoms with Gasteiger partial charge in [-0.05, 0) is 6.92 Å². The van der Waals surface area contributed by atoms with Crippen LogP contribution < -0.4 is 10.6 Å². The fourth-order valence-corrected chi connectivity index (χ4v) is 0.448. The number of carbonyl (C=O) groups excluding carboxylic acids is 2. The number of hydrogen-bond acceptors (Lipinski definition) is 3. The van der Waals surface area contributed by atoms with E-state index in [2.05, 4.69) is 10.6 Å². The molecule has 12 heavy (non-hydrogen) atoms. The number of nitrogens with zero attached hydrogens (tertiary/aromatic N) is 1. The van der Waals surface area contributed by atoms with Crippen LogP contribution in [0.2, 0.25) is 0 Å². The van der Waals surface area contributed by atoms with Gasteiger partial charge in [-0.2, -0.15) is 5.26 Å². The lowest BCUT2D eigenvalue weighted by atomic mass is 10.4. The lowest BCUT2D eigenvalue weighted by Gasteiger charge is -1.98. The van der Waals surface area contributed by atoms with Crippen LogP contribution in [-0.4, -0.2) is 18.9 Å². The minimum absolute atomic E-state index is 0.124. The lowest BCUT2D eigenvalue weighted by molar-refractivity contribution is -0.104. The highest BCUT2D eigenvalue weighted by atomic mass is 16.2. The Morgan fingerprint density at radius 3 is 2.75 bits per heavy atom. The molecule has 0 aliphatic carbocycles. The molecule has 0 fully saturated rings. The molecule has 0 aromatic rings. The fraction of sp³-hybridized carbons (Fsp3) is 0.286. The van der Waals surface area contributed by atoms with Crippen molar-refractivity contribution in [2.45, 2.75) is 6.92 Å². The Morgan fingerprint density at radius 1 is 1.67 bits per heavy atom. The summed E-state index contributed by atoms with van der Waals surface area (Å²) in [6.45, 7) is 2.25. The predicted octanol–water partition coefficient (Wildman–Crippen LogP) is -0.0881.